The van der Waals surface area contributed by atoms with Gasteiger partial charge in [-0.2, -0.15) is 0 Å². The van der Waals surface area contributed by atoms with E-state index in [1.807, 2.05) is 30.3 Å². The molecule has 1 fully saturated rings. The van der Waals surface area contributed by atoms with Crippen LogP contribution in [0.1, 0.15) is 50.7 Å². The summed E-state index contributed by atoms with van der Waals surface area (Å²) in [6.07, 6.45) is 4.70. The Hall–Kier alpha value is -0.900. The van der Waals surface area contributed by atoms with E-state index in [9.17, 15) is 10.2 Å². The highest BCUT2D eigenvalue weighted by atomic mass is 16.3. The predicted molar refractivity (Wildman–Crippen MR) is 81.5 cm³/mol. The monoisotopic (exact) mass is 277 g/mol. The second kappa shape index (κ2) is 7.21. The molecule has 3 nitrogen and oxygen atoms in total. The van der Waals surface area contributed by atoms with Gasteiger partial charge < -0.3 is 15.5 Å². The topological polar surface area (TPSA) is 52.5 Å². The minimum absolute atomic E-state index is 0.490. The average molecular weight is 277 g/mol. The average Bonchev–Trinajstić information content (AvgIpc) is 2.49. The molecular weight excluding hydrogens is 250 g/mol. The fourth-order valence-electron chi connectivity index (χ4n) is 3.03. The maximum Gasteiger partial charge on any atom is 0.0914 e. The van der Waals surface area contributed by atoms with E-state index in [0.717, 1.165) is 37.2 Å². The fraction of sp³-hybridized carbons (Fsp3) is 0.647. The first-order valence-corrected chi connectivity index (χ1v) is 7.79. The number of rotatable bonds is 6. The third-order valence-electron chi connectivity index (χ3n) is 4.59. The maximum atomic E-state index is 10.5. The molecular formula is C17H27NO2. The SMILES string of the molecule is CCC1CCC(O)(CNCC(O)c2ccccc2)CC1. The molecule has 0 aromatic heterocycles. The molecule has 0 bridgehead atoms. The molecule has 1 saturated carbocycles. The van der Waals surface area contributed by atoms with Crippen LogP contribution >= 0.6 is 0 Å². The Morgan fingerprint density at radius 3 is 2.50 bits per heavy atom. The van der Waals surface area contributed by atoms with Crippen molar-refractivity contribution in [1.29, 1.82) is 0 Å². The van der Waals surface area contributed by atoms with Gasteiger partial charge in [-0.1, -0.05) is 43.7 Å². The van der Waals surface area contributed by atoms with Crippen molar-refractivity contribution in [3.05, 3.63) is 35.9 Å². The fourth-order valence-corrected chi connectivity index (χ4v) is 3.03. The first-order chi connectivity index (χ1) is 9.63. The third kappa shape index (κ3) is 4.30. The number of aliphatic hydroxyl groups is 2. The summed E-state index contributed by atoms with van der Waals surface area (Å²) in [5.74, 6) is 0.783. The zero-order valence-electron chi connectivity index (χ0n) is 12.4. The highest BCUT2D eigenvalue weighted by Gasteiger charge is 2.32. The molecule has 0 aliphatic heterocycles. The van der Waals surface area contributed by atoms with Gasteiger partial charge in [-0.3, -0.25) is 0 Å². The number of hydrogen-bond donors (Lipinski definition) is 3. The molecule has 20 heavy (non-hydrogen) atoms. The summed E-state index contributed by atoms with van der Waals surface area (Å²) in [6, 6.07) is 9.65. The van der Waals surface area contributed by atoms with Crippen LogP contribution in [-0.4, -0.2) is 28.9 Å². The second-order valence-electron chi connectivity index (χ2n) is 6.13. The van der Waals surface area contributed by atoms with E-state index >= 15 is 0 Å². The largest absolute Gasteiger partial charge is 0.389 e. The lowest BCUT2D eigenvalue weighted by atomic mass is 9.78. The van der Waals surface area contributed by atoms with Gasteiger partial charge in [-0.05, 0) is 37.2 Å². The van der Waals surface area contributed by atoms with E-state index in [2.05, 4.69) is 12.2 Å². The van der Waals surface area contributed by atoms with E-state index < -0.39 is 11.7 Å². The molecule has 0 amide bonds. The Kier molecular flexibility index (Phi) is 5.58. The minimum Gasteiger partial charge on any atom is -0.389 e. The summed E-state index contributed by atoms with van der Waals surface area (Å²) >= 11 is 0. The van der Waals surface area contributed by atoms with E-state index in [1.54, 1.807) is 0 Å². The second-order valence-corrected chi connectivity index (χ2v) is 6.13. The predicted octanol–water partition coefficient (Wildman–Crippen LogP) is 2.64. The Morgan fingerprint density at radius 2 is 1.90 bits per heavy atom. The van der Waals surface area contributed by atoms with Crippen LogP contribution in [0.25, 0.3) is 0 Å². The van der Waals surface area contributed by atoms with Crippen molar-refractivity contribution < 1.29 is 10.2 Å². The summed E-state index contributed by atoms with van der Waals surface area (Å²) < 4.78 is 0. The molecule has 2 rings (SSSR count). The van der Waals surface area contributed by atoms with Crippen molar-refractivity contribution in [2.24, 2.45) is 5.92 Å². The highest BCUT2D eigenvalue weighted by molar-refractivity contribution is 5.17. The molecule has 0 radical (unpaired) electrons. The molecule has 0 heterocycles. The van der Waals surface area contributed by atoms with Crippen molar-refractivity contribution in [3.8, 4) is 0 Å². The lowest BCUT2D eigenvalue weighted by Gasteiger charge is -2.36. The van der Waals surface area contributed by atoms with E-state index in [4.69, 9.17) is 0 Å². The number of aliphatic hydroxyl groups excluding tert-OH is 1. The van der Waals surface area contributed by atoms with Crippen LogP contribution in [0.15, 0.2) is 30.3 Å². The lowest BCUT2D eigenvalue weighted by molar-refractivity contribution is -0.0105. The van der Waals surface area contributed by atoms with Crippen molar-refractivity contribution >= 4 is 0 Å². The molecule has 0 spiro atoms. The standard InChI is InChI=1S/C17H27NO2/c1-2-14-8-10-17(20,11-9-14)13-18-12-16(19)15-6-4-3-5-7-15/h3-7,14,16,18-20H,2,8-13H2,1H3. The highest BCUT2D eigenvalue weighted by Crippen LogP contribution is 2.33. The molecule has 112 valence electrons. The maximum absolute atomic E-state index is 10.5. The molecule has 3 heteroatoms. The van der Waals surface area contributed by atoms with Gasteiger partial charge in [0.15, 0.2) is 0 Å². The molecule has 0 saturated heterocycles. The summed E-state index contributed by atoms with van der Waals surface area (Å²) in [5, 5.41) is 23.8. The molecule has 1 aliphatic carbocycles. The zero-order chi connectivity index (χ0) is 14.4. The van der Waals surface area contributed by atoms with E-state index in [-0.39, 0.29) is 0 Å². The summed E-state index contributed by atoms with van der Waals surface area (Å²) in [7, 11) is 0. The normalized spacial score (nSPS) is 28.2. The summed E-state index contributed by atoms with van der Waals surface area (Å²) in [5.41, 5.74) is 0.337. The first kappa shape index (κ1) is 15.5. The van der Waals surface area contributed by atoms with Crippen LogP contribution < -0.4 is 5.32 Å². The van der Waals surface area contributed by atoms with Crippen LogP contribution in [0.3, 0.4) is 0 Å². The van der Waals surface area contributed by atoms with E-state index in [0.29, 0.717) is 13.1 Å². The zero-order valence-corrected chi connectivity index (χ0v) is 12.4. The van der Waals surface area contributed by atoms with Gasteiger partial charge in [0, 0.05) is 13.1 Å². The molecule has 1 atom stereocenters. The smallest absolute Gasteiger partial charge is 0.0914 e. The summed E-state index contributed by atoms with van der Waals surface area (Å²) in [4.78, 5) is 0. The van der Waals surface area contributed by atoms with Gasteiger partial charge in [0.05, 0.1) is 11.7 Å². The Morgan fingerprint density at radius 1 is 1.25 bits per heavy atom. The van der Waals surface area contributed by atoms with Gasteiger partial charge >= 0.3 is 0 Å². The van der Waals surface area contributed by atoms with Crippen LogP contribution in [0, 0.1) is 5.92 Å². The molecule has 1 unspecified atom stereocenters. The van der Waals surface area contributed by atoms with Gasteiger partial charge in [0.25, 0.3) is 0 Å². The van der Waals surface area contributed by atoms with Crippen LogP contribution in [-0.2, 0) is 0 Å². The number of nitrogens with one attached hydrogen (secondary N) is 1. The Balaban J connectivity index is 1.73. The number of hydrogen-bond acceptors (Lipinski definition) is 3. The van der Waals surface area contributed by atoms with Crippen molar-refractivity contribution in [1.82, 2.24) is 5.32 Å². The molecule has 1 aromatic rings. The third-order valence-corrected chi connectivity index (χ3v) is 4.59. The van der Waals surface area contributed by atoms with E-state index in [1.165, 1.54) is 6.42 Å². The quantitative estimate of drug-likeness (QED) is 0.749. The molecule has 3 N–H and O–H groups in total. The first-order valence-electron chi connectivity index (χ1n) is 7.79. The van der Waals surface area contributed by atoms with Gasteiger partial charge in [0.1, 0.15) is 0 Å². The van der Waals surface area contributed by atoms with Crippen LogP contribution in [0.4, 0.5) is 0 Å². The minimum atomic E-state index is -0.581. The van der Waals surface area contributed by atoms with Crippen molar-refractivity contribution in [2.45, 2.75) is 50.7 Å². The number of benzene rings is 1. The summed E-state index contributed by atoms with van der Waals surface area (Å²) in [6.45, 7) is 3.29. The Labute approximate surface area is 122 Å². The van der Waals surface area contributed by atoms with Gasteiger partial charge in [-0.25, -0.2) is 0 Å². The van der Waals surface area contributed by atoms with Crippen LogP contribution in [0.5, 0.6) is 0 Å². The lowest BCUT2D eigenvalue weighted by Crippen LogP contribution is -2.44. The molecule has 1 aliphatic rings. The van der Waals surface area contributed by atoms with Gasteiger partial charge in [-0.15, -0.1) is 0 Å². The van der Waals surface area contributed by atoms with Crippen molar-refractivity contribution in [2.75, 3.05) is 13.1 Å². The van der Waals surface area contributed by atoms with Crippen LogP contribution in [0.2, 0.25) is 0 Å². The molecule has 1 aromatic carbocycles. The Bertz CT molecular complexity index is 385. The van der Waals surface area contributed by atoms with Gasteiger partial charge in [0.2, 0.25) is 0 Å². The van der Waals surface area contributed by atoms with Crippen molar-refractivity contribution in [3.63, 3.8) is 0 Å².